The molecule has 148 valence electrons. The summed E-state index contributed by atoms with van der Waals surface area (Å²) in [4.78, 5) is 13.0. The van der Waals surface area contributed by atoms with Gasteiger partial charge in [0.25, 0.3) is 0 Å². The van der Waals surface area contributed by atoms with Crippen LogP contribution in [0.15, 0.2) is 42.5 Å². The summed E-state index contributed by atoms with van der Waals surface area (Å²) in [6.07, 6.45) is 1.55. The van der Waals surface area contributed by atoms with Crippen LogP contribution in [0.2, 0.25) is 0 Å². The Hall–Kier alpha value is -2.47. The molecule has 2 aliphatic rings. The Balaban J connectivity index is 1.67. The monoisotopic (exact) mass is 386 g/mol. The summed E-state index contributed by atoms with van der Waals surface area (Å²) in [7, 11) is 0. The maximum absolute atomic E-state index is 14.8. The number of piperidine rings is 1. The molecule has 1 amide bonds. The van der Waals surface area contributed by atoms with Crippen LogP contribution in [0, 0.1) is 29.4 Å². The van der Waals surface area contributed by atoms with E-state index in [9.17, 15) is 18.7 Å². The van der Waals surface area contributed by atoms with Crippen molar-refractivity contribution in [3.63, 3.8) is 0 Å². The summed E-state index contributed by atoms with van der Waals surface area (Å²) < 4.78 is 28.9. The van der Waals surface area contributed by atoms with E-state index in [1.807, 2.05) is 0 Å². The minimum absolute atomic E-state index is 0.155. The standard InChI is InChI=1S/C22H24F2N2O2/c23-19-5-2-1-4-16(19)13-26(22(27)28)21-7-3-6-20(24)18(21)10-17-14-8-9-15(17)12-25-11-14/h1-7,14-15,17,25H,8-13H2,(H,27,28). The maximum atomic E-state index is 14.8. The molecule has 1 saturated heterocycles. The van der Waals surface area contributed by atoms with Crippen LogP contribution in [-0.2, 0) is 13.0 Å². The zero-order valence-electron chi connectivity index (χ0n) is 15.6. The van der Waals surface area contributed by atoms with Crippen molar-refractivity contribution in [3.05, 3.63) is 65.2 Å². The smallest absolute Gasteiger partial charge is 0.412 e. The van der Waals surface area contributed by atoms with Gasteiger partial charge in [-0.05, 0) is 68.3 Å². The van der Waals surface area contributed by atoms with Gasteiger partial charge in [0.15, 0.2) is 0 Å². The van der Waals surface area contributed by atoms with E-state index in [4.69, 9.17) is 0 Å². The van der Waals surface area contributed by atoms with Gasteiger partial charge >= 0.3 is 6.09 Å². The molecule has 0 spiro atoms. The SMILES string of the molecule is O=C(O)N(Cc1ccccc1F)c1cccc(F)c1CC1C2CCC1CNC2. The number of fused-ring (bicyclic) bond motifs is 2. The highest BCUT2D eigenvalue weighted by molar-refractivity contribution is 5.87. The van der Waals surface area contributed by atoms with E-state index < -0.39 is 17.7 Å². The van der Waals surface area contributed by atoms with E-state index in [0.29, 0.717) is 35.4 Å². The summed E-state index contributed by atoms with van der Waals surface area (Å²) >= 11 is 0. The maximum Gasteiger partial charge on any atom is 0.412 e. The lowest BCUT2D eigenvalue weighted by atomic mass is 9.81. The van der Waals surface area contributed by atoms with Crippen LogP contribution in [0.5, 0.6) is 0 Å². The largest absolute Gasteiger partial charge is 0.465 e. The molecule has 0 aromatic heterocycles. The molecule has 2 fully saturated rings. The molecule has 1 aliphatic heterocycles. The highest BCUT2D eigenvalue weighted by Gasteiger charge is 2.39. The number of carboxylic acid groups (broad SMARTS) is 1. The molecule has 1 heterocycles. The molecule has 2 aromatic rings. The summed E-state index contributed by atoms with van der Waals surface area (Å²) in [6, 6.07) is 10.6. The topological polar surface area (TPSA) is 52.6 Å². The van der Waals surface area contributed by atoms with Gasteiger partial charge in [-0.15, -0.1) is 0 Å². The Kier molecular flexibility index (Phi) is 5.31. The fourth-order valence-corrected chi connectivity index (χ4v) is 4.83. The molecule has 2 aromatic carbocycles. The molecule has 6 heteroatoms. The van der Waals surface area contributed by atoms with Crippen LogP contribution in [0.4, 0.5) is 19.3 Å². The van der Waals surface area contributed by atoms with Gasteiger partial charge in [0.1, 0.15) is 11.6 Å². The summed E-state index contributed by atoms with van der Waals surface area (Å²) in [5.74, 6) is 0.478. The van der Waals surface area contributed by atoms with Crippen molar-refractivity contribution in [2.45, 2.75) is 25.8 Å². The van der Waals surface area contributed by atoms with Gasteiger partial charge in [0, 0.05) is 11.1 Å². The summed E-state index contributed by atoms with van der Waals surface area (Å²) in [5, 5.41) is 13.2. The van der Waals surface area contributed by atoms with Gasteiger partial charge in [-0.3, -0.25) is 4.90 Å². The summed E-state index contributed by atoms with van der Waals surface area (Å²) in [5.41, 5.74) is 1.00. The summed E-state index contributed by atoms with van der Waals surface area (Å²) in [6.45, 7) is 1.71. The number of halogens is 2. The molecule has 1 aliphatic carbocycles. The number of amides is 1. The Bertz CT molecular complexity index is 857. The number of nitrogens with one attached hydrogen (secondary N) is 1. The minimum atomic E-state index is -1.22. The van der Waals surface area contributed by atoms with E-state index in [-0.39, 0.29) is 12.1 Å². The van der Waals surface area contributed by atoms with Gasteiger partial charge in [-0.1, -0.05) is 24.3 Å². The highest BCUT2D eigenvalue weighted by atomic mass is 19.1. The van der Waals surface area contributed by atoms with Crippen LogP contribution in [-0.4, -0.2) is 24.3 Å². The Labute approximate surface area is 163 Å². The molecule has 4 rings (SSSR count). The third-order valence-corrected chi connectivity index (χ3v) is 6.27. The van der Waals surface area contributed by atoms with Gasteiger partial charge in [0.2, 0.25) is 0 Å². The third kappa shape index (κ3) is 3.61. The molecular weight excluding hydrogens is 362 g/mol. The zero-order valence-corrected chi connectivity index (χ0v) is 15.6. The second-order valence-corrected chi connectivity index (χ2v) is 7.82. The van der Waals surface area contributed by atoms with Gasteiger partial charge in [-0.2, -0.15) is 0 Å². The van der Waals surface area contributed by atoms with Crippen LogP contribution in [0.3, 0.4) is 0 Å². The Morgan fingerprint density at radius 2 is 1.71 bits per heavy atom. The number of nitrogens with zero attached hydrogens (tertiary/aromatic N) is 1. The van der Waals surface area contributed by atoms with Crippen LogP contribution < -0.4 is 10.2 Å². The molecule has 1 saturated carbocycles. The van der Waals surface area contributed by atoms with Crippen LogP contribution in [0.1, 0.15) is 24.0 Å². The highest BCUT2D eigenvalue weighted by Crippen LogP contribution is 2.42. The van der Waals surface area contributed by atoms with E-state index in [0.717, 1.165) is 30.8 Å². The molecule has 28 heavy (non-hydrogen) atoms. The lowest BCUT2D eigenvalue weighted by molar-refractivity contribution is 0.201. The first-order valence-corrected chi connectivity index (χ1v) is 9.76. The minimum Gasteiger partial charge on any atom is -0.465 e. The van der Waals surface area contributed by atoms with Crippen molar-refractivity contribution in [2.75, 3.05) is 18.0 Å². The van der Waals surface area contributed by atoms with Gasteiger partial charge in [0.05, 0.1) is 12.2 Å². The third-order valence-electron chi connectivity index (χ3n) is 6.27. The van der Waals surface area contributed by atoms with Crippen molar-refractivity contribution in [2.24, 2.45) is 17.8 Å². The van der Waals surface area contributed by atoms with E-state index >= 15 is 0 Å². The fourth-order valence-electron chi connectivity index (χ4n) is 4.83. The van der Waals surface area contributed by atoms with Crippen molar-refractivity contribution in [1.82, 2.24) is 5.32 Å². The van der Waals surface area contributed by atoms with Crippen molar-refractivity contribution in [3.8, 4) is 0 Å². The quantitative estimate of drug-likeness (QED) is 0.799. The number of hydrogen-bond donors (Lipinski definition) is 2. The Morgan fingerprint density at radius 3 is 2.39 bits per heavy atom. The van der Waals surface area contributed by atoms with E-state index in [1.54, 1.807) is 24.3 Å². The zero-order chi connectivity index (χ0) is 19.7. The molecule has 0 radical (unpaired) electrons. The molecule has 2 bridgehead atoms. The van der Waals surface area contributed by atoms with Gasteiger partial charge < -0.3 is 10.4 Å². The van der Waals surface area contributed by atoms with E-state index in [1.165, 1.54) is 18.2 Å². The Morgan fingerprint density at radius 1 is 1.04 bits per heavy atom. The first kappa shape index (κ1) is 18.9. The second kappa shape index (κ2) is 7.87. The molecule has 2 atom stereocenters. The average molecular weight is 386 g/mol. The molecule has 2 N–H and O–H groups in total. The molecular formula is C22H24F2N2O2. The fraction of sp³-hybridized carbons (Fsp3) is 0.409. The lowest BCUT2D eigenvalue weighted by Crippen LogP contribution is -2.39. The van der Waals surface area contributed by atoms with Crippen LogP contribution in [0.25, 0.3) is 0 Å². The lowest BCUT2D eigenvalue weighted by Gasteiger charge is -2.32. The van der Waals surface area contributed by atoms with Crippen molar-refractivity contribution >= 4 is 11.8 Å². The number of anilines is 1. The van der Waals surface area contributed by atoms with Crippen molar-refractivity contribution < 1.29 is 18.7 Å². The number of rotatable bonds is 5. The number of hydrogen-bond acceptors (Lipinski definition) is 2. The van der Waals surface area contributed by atoms with Gasteiger partial charge in [-0.25, -0.2) is 13.6 Å². The van der Waals surface area contributed by atoms with Crippen LogP contribution >= 0.6 is 0 Å². The first-order valence-electron chi connectivity index (χ1n) is 9.76. The van der Waals surface area contributed by atoms with Crippen molar-refractivity contribution in [1.29, 1.82) is 0 Å². The average Bonchev–Trinajstić information content (AvgIpc) is 2.88. The number of carbonyl (C=O) groups is 1. The predicted octanol–water partition coefficient (Wildman–Crippen LogP) is 4.44. The van der Waals surface area contributed by atoms with E-state index in [2.05, 4.69) is 5.32 Å². The predicted molar refractivity (Wildman–Crippen MR) is 103 cm³/mol. The number of benzene rings is 2. The second-order valence-electron chi connectivity index (χ2n) is 7.82. The first-order chi connectivity index (χ1) is 13.5. The normalized spacial score (nSPS) is 23.6. The molecule has 4 nitrogen and oxygen atoms in total. The molecule has 2 unspecified atom stereocenters.